The summed E-state index contributed by atoms with van der Waals surface area (Å²) in [6.45, 7) is 8.85. The molecule has 1 amide bonds. The molecule has 1 heterocycles. The normalized spacial score (nSPS) is 16.2. The second kappa shape index (κ2) is 5.11. The Hall–Kier alpha value is -1.35. The van der Waals surface area contributed by atoms with Crippen molar-refractivity contribution in [2.24, 2.45) is 5.92 Å². The fourth-order valence-electron chi connectivity index (χ4n) is 2.35. The second-order valence-electron chi connectivity index (χ2n) is 5.67. The lowest BCUT2D eigenvalue weighted by Crippen LogP contribution is -2.50. The Morgan fingerprint density at radius 3 is 2.61 bits per heavy atom. The van der Waals surface area contributed by atoms with Crippen LogP contribution < -0.4 is 10.6 Å². The van der Waals surface area contributed by atoms with Crippen molar-refractivity contribution in [3.05, 3.63) is 35.4 Å². The number of nitrogens with one attached hydrogen (secondary N) is 2. The van der Waals surface area contributed by atoms with Crippen LogP contribution in [-0.2, 0) is 10.2 Å². The van der Waals surface area contributed by atoms with Gasteiger partial charge in [0.25, 0.3) is 0 Å². The molecule has 1 aromatic rings. The van der Waals surface area contributed by atoms with E-state index in [0.29, 0.717) is 5.92 Å². The summed E-state index contributed by atoms with van der Waals surface area (Å²) in [4.78, 5) is 12.3. The molecule has 3 nitrogen and oxygen atoms in total. The third kappa shape index (κ3) is 2.56. The molecule has 1 saturated heterocycles. The van der Waals surface area contributed by atoms with E-state index < -0.39 is 5.41 Å². The van der Waals surface area contributed by atoms with E-state index in [1.54, 1.807) is 0 Å². The quantitative estimate of drug-likeness (QED) is 0.847. The average Bonchev–Trinajstić information content (AvgIpc) is 2.27. The second-order valence-corrected chi connectivity index (χ2v) is 5.67. The molecule has 1 aliphatic heterocycles. The Bertz CT molecular complexity index is 436. The van der Waals surface area contributed by atoms with Gasteiger partial charge in [-0.15, -0.1) is 0 Å². The molecule has 0 atom stereocenters. The highest BCUT2D eigenvalue weighted by atomic mass is 16.2. The summed E-state index contributed by atoms with van der Waals surface area (Å²) >= 11 is 0. The van der Waals surface area contributed by atoms with E-state index in [0.717, 1.165) is 25.2 Å². The molecule has 1 aliphatic rings. The maximum absolute atomic E-state index is 12.3. The standard InChI is InChI=1S/C15H22N2O/c1-11-6-4-5-7-13(11)15(2,3)14(18)17-10-12-8-16-9-12/h4-7,12,16H,8-10H2,1-3H3,(H,17,18). The summed E-state index contributed by atoms with van der Waals surface area (Å²) < 4.78 is 0. The molecule has 0 radical (unpaired) electrons. The third-order valence-electron chi connectivity index (χ3n) is 3.80. The number of amides is 1. The van der Waals surface area contributed by atoms with Crippen molar-refractivity contribution in [1.29, 1.82) is 0 Å². The van der Waals surface area contributed by atoms with Gasteiger partial charge in [-0.2, -0.15) is 0 Å². The SMILES string of the molecule is Cc1ccccc1C(C)(C)C(=O)NCC1CNC1. The Labute approximate surface area is 109 Å². The lowest BCUT2D eigenvalue weighted by Gasteiger charge is -2.30. The molecular formula is C15H22N2O. The van der Waals surface area contributed by atoms with Crippen LogP contribution >= 0.6 is 0 Å². The molecule has 0 spiro atoms. The van der Waals surface area contributed by atoms with Crippen LogP contribution in [0, 0.1) is 12.8 Å². The van der Waals surface area contributed by atoms with Crippen molar-refractivity contribution < 1.29 is 4.79 Å². The first-order valence-electron chi connectivity index (χ1n) is 6.57. The van der Waals surface area contributed by atoms with Gasteiger partial charge in [0.2, 0.25) is 5.91 Å². The van der Waals surface area contributed by atoms with Gasteiger partial charge in [-0.25, -0.2) is 0 Å². The maximum Gasteiger partial charge on any atom is 0.230 e. The Morgan fingerprint density at radius 1 is 1.39 bits per heavy atom. The summed E-state index contributed by atoms with van der Waals surface area (Å²) in [5.41, 5.74) is 1.81. The molecule has 18 heavy (non-hydrogen) atoms. The van der Waals surface area contributed by atoms with Gasteiger partial charge in [-0.1, -0.05) is 24.3 Å². The van der Waals surface area contributed by atoms with E-state index in [2.05, 4.69) is 23.6 Å². The number of rotatable bonds is 4. The summed E-state index contributed by atoms with van der Waals surface area (Å²) in [7, 11) is 0. The van der Waals surface area contributed by atoms with Crippen molar-refractivity contribution in [2.75, 3.05) is 19.6 Å². The number of carbonyl (C=O) groups is 1. The van der Waals surface area contributed by atoms with E-state index >= 15 is 0 Å². The molecule has 1 aromatic carbocycles. The molecule has 2 rings (SSSR count). The van der Waals surface area contributed by atoms with Gasteiger partial charge >= 0.3 is 0 Å². The number of hydrogen-bond acceptors (Lipinski definition) is 2. The summed E-state index contributed by atoms with van der Waals surface area (Å²) in [6, 6.07) is 8.10. The maximum atomic E-state index is 12.3. The van der Waals surface area contributed by atoms with E-state index in [1.807, 2.05) is 32.0 Å². The van der Waals surface area contributed by atoms with Crippen LogP contribution in [0.1, 0.15) is 25.0 Å². The zero-order valence-corrected chi connectivity index (χ0v) is 11.4. The molecule has 98 valence electrons. The molecule has 0 aliphatic carbocycles. The zero-order valence-electron chi connectivity index (χ0n) is 11.4. The minimum absolute atomic E-state index is 0.115. The predicted octanol–water partition coefficient (Wildman–Crippen LogP) is 1.61. The van der Waals surface area contributed by atoms with Gasteiger partial charge in [0.1, 0.15) is 0 Å². The molecule has 0 aromatic heterocycles. The Morgan fingerprint density at radius 2 is 2.06 bits per heavy atom. The van der Waals surface area contributed by atoms with E-state index in [-0.39, 0.29) is 5.91 Å². The fraction of sp³-hybridized carbons (Fsp3) is 0.533. The van der Waals surface area contributed by atoms with E-state index in [9.17, 15) is 4.79 Å². The lowest BCUT2D eigenvalue weighted by atomic mass is 9.81. The van der Waals surface area contributed by atoms with Crippen LogP contribution in [0.15, 0.2) is 24.3 Å². The van der Waals surface area contributed by atoms with Gasteiger partial charge in [0, 0.05) is 25.6 Å². The first-order chi connectivity index (χ1) is 8.51. The largest absolute Gasteiger partial charge is 0.355 e. The monoisotopic (exact) mass is 246 g/mol. The van der Waals surface area contributed by atoms with Crippen molar-refractivity contribution in [1.82, 2.24) is 10.6 Å². The van der Waals surface area contributed by atoms with Crippen molar-refractivity contribution in [3.63, 3.8) is 0 Å². The Kier molecular flexibility index (Phi) is 3.71. The number of hydrogen-bond donors (Lipinski definition) is 2. The van der Waals surface area contributed by atoms with Crippen LogP contribution in [-0.4, -0.2) is 25.5 Å². The first kappa shape index (κ1) is 13.1. The molecule has 3 heteroatoms. The van der Waals surface area contributed by atoms with Crippen LogP contribution in [0.25, 0.3) is 0 Å². The number of carbonyl (C=O) groups excluding carboxylic acids is 1. The van der Waals surface area contributed by atoms with Gasteiger partial charge in [-0.3, -0.25) is 4.79 Å². The van der Waals surface area contributed by atoms with E-state index in [1.165, 1.54) is 5.56 Å². The molecule has 0 bridgehead atoms. The minimum atomic E-state index is -0.470. The summed E-state index contributed by atoms with van der Waals surface area (Å²) in [6.07, 6.45) is 0. The highest BCUT2D eigenvalue weighted by Crippen LogP contribution is 2.26. The highest BCUT2D eigenvalue weighted by molar-refractivity contribution is 5.87. The van der Waals surface area contributed by atoms with Gasteiger partial charge in [0.05, 0.1) is 5.41 Å². The van der Waals surface area contributed by atoms with Crippen LogP contribution in [0.4, 0.5) is 0 Å². The number of benzene rings is 1. The summed E-state index contributed by atoms with van der Waals surface area (Å²) in [5, 5.41) is 6.28. The molecule has 1 fully saturated rings. The summed E-state index contributed by atoms with van der Waals surface area (Å²) in [5.74, 6) is 0.713. The van der Waals surface area contributed by atoms with Crippen LogP contribution in [0.3, 0.4) is 0 Å². The molecule has 0 unspecified atom stereocenters. The third-order valence-corrected chi connectivity index (χ3v) is 3.80. The molecular weight excluding hydrogens is 224 g/mol. The van der Waals surface area contributed by atoms with Crippen molar-refractivity contribution >= 4 is 5.91 Å². The molecule has 0 saturated carbocycles. The number of aryl methyl sites for hydroxylation is 1. The zero-order chi connectivity index (χ0) is 13.2. The lowest BCUT2D eigenvalue weighted by molar-refractivity contribution is -0.125. The topological polar surface area (TPSA) is 41.1 Å². The van der Waals surface area contributed by atoms with Crippen molar-refractivity contribution in [3.8, 4) is 0 Å². The minimum Gasteiger partial charge on any atom is -0.355 e. The average molecular weight is 246 g/mol. The van der Waals surface area contributed by atoms with Gasteiger partial charge < -0.3 is 10.6 Å². The van der Waals surface area contributed by atoms with E-state index in [4.69, 9.17) is 0 Å². The van der Waals surface area contributed by atoms with Crippen LogP contribution in [0.5, 0.6) is 0 Å². The van der Waals surface area contributed by atoms with Gasteiger partial charge in [-0.05, 0) is 31.9 Å². The fourth-order valence-corrected chi connectivity index (χ4v) is 2.35. The first-order valence-corrected chi connectivity index (χ1v) is 6.57. The smallest absolute Gasteiger partial charge is 0.230 e. The van der Waals surface area contributed by atoms with Gasteiger partial charge in [0.15, 0.2) is 0 Å². The Balaban J connectivity index is 2.04. The van der Waals surface area contributed by atoms with Crippen molar-refractivity contribution in [2.45, 2.75) is 26.2 Å². The van der Waals surface area contributed by atoms with Crippen LogP contribution in [0.2, 0.25) is 0 Å². The predicted molar refractivity (Wildman–Crippen MR) is 73.6 cm³/mol. The highest BCUT2D eigenvalue weighted by Gasteiger charge is 2.31. The molecule has 2 N–H and O–H groups in total.